The fraction of sp³-hybridized carbons (Fsp3) is 0.190. The Hall–Kier alpha value is -6.86. The molecule has 18 heteroatoms. The molecule has 2 aliphatic rings. The molecule has 0 bridgehead atoms. The number of ether oxygens (including phenoxy) is 2. The average Bonchev–Trinajstić information content (AvgIpc) is 3.96. The average molecular weight is 835 g/mol. The van der Waals surface area contributed by atoms with Gasteiger partial charge in [-0.2, -0.15) is 20.7 Å². The van der Waals surface area contributed by atoms with Crippen molar-refractivity contribution in [3.8, 4) is 23.5 Å². The maximum absolute atomic E-state index is 14.5. The van der Waals surface area contributed by atoms with E-state index >= 15 is 0 Å². The molecule has 0 unspecified atom stereocenters. The van der Waals surface area contributed by atoms with Crippen LogP contribution in [0, 0.1) is 40.1 Å². The Morgan fingerprint density at radius 2 is 1.17 bits per heavy atom. The highest BCUT2D eigenvalue weighted by Gasteiger charge is 2.22. The zero-order valence-electron chi connectivity index (χ0n) is 31.5. The van der Waals surface area contributed by atoms with Crippen molar-refractivity contribution >= 4 is 34.8 Å². The van der Waals surface area contributed by atoms with Crippen LogP contribution in [-0.4, -0.2) is 70.8 Å². The van der Waals surface area contributed by atoms with Gasteiger partial charge in [-0.3, -0.25) is 9.59 Å². The first-order valence-electron chi connectivity index (χ1n) is 18.5. The number of nitriles is 2. The normalized spacial score (nSPS) is 16.1. The highest BCUT2D eigenvalue weighted by molar-refractivity contribution is 6.31. The van der Waals surface area contributed by atoms with Gasteiger partial charge in [0.2, 0.25) is 0 Å². The Labute approximate surface area is 346 Å². The van der Waals surface area contributed by atoms with Crippen molar-refractivity contribution in [2.75, 3.05) is 50.0 Å². The number of hydrogen-bond acceptors (Lipinski definition) is 10. The highest BCUT2D eigenvalue weighted by Crippen LogP contribution is 2.30. The van der Waals surface area contributed by atoms with Gasteiger partial charge in [0, 0.05) is 66.1 Å². The van der Waals surface area contributed by atoms with E-state index in [0.717, 1.165) is 30.8 Å². The first-order chi connectivity index (χ1) is 29.1. The van der Waals surface area contributed by atoms with E-state index in [1.807, 2.05) is 18.2 Å². The summed E-state index contributed by atoms with van der Waals surface area (Å²) in [6, 6.07) is 21.3. The number of anilines is 2. The summed E-state index contributed by atoms with van der Waals surface area (Å²) in [7, 11) is 0. The monoisotopic (exact) mass is 834 g/mol. The van der Waals surface area contributed by atoms with Crippen molar-refractivity contribution in [3.05, 3.63) is 153 Å². The molecule has 4 heterocycles. The molecule has 0 radical (unpaired) electrons. The molecule has 2 amide bonds. The third-order valence-corrected chi connectivity index (χ3v) is 9.73. The van der Waals surface area contributed by atoms with E-state index in [0.29, 0.717) is 42.6 Å². The summed E-state index contributed by atoms with van der Waals surface area (Å²) in [6.07, 6.45) is 4.88. The molecule has 60 heavy (non-hydrogen) atoms. The number of nitrogens with zero attached hydrogens (tertiary/aromatic N) is 6. The molecule has 2 saturated heterocycles. The molecule has 2 aliphatic heterocycles. The van der Waals surface area contributed by atoms with Gasteiger partial charge >= 0.3 is 0 Å². The molecular formula is C42H34ClF3N10O4. The van der Waals surface area contributed by atoms with Crippen molar-refractivity contribution in [2.24, 2.45) is 0 Å². The van der Waals surface area contributed by atoms with Gasteiger partial charge < -0.3 is 30.7 Å². The molecule has 4 aromatic carbocycles. The van der Waals surface area contributed by atoms with E-state index in [1.165, 1.54) is 64.5 Å². The summed E-state index contributed by atoms with van der Waals surface area (Å²) in [6.45, 7) is 3.86. The predicted molar refractivity (Wildman–Crippen MR) is 213 cm³/mol. The fourth-order valence-corrected chi connectivity index (χ4v) is 6.64. The largest absolute Gasteiger partial charge is 0.371 e. The number of halogens is 4. The van der Waals surface area contributed by atoms with Gasteiger partial charge in [-0.05, 0) is 60.7 Å². The lowest BCUT2D eigenvalue weighted by atomic mass is 10.1. The summed E-state index contributed by atoms with van der Waals surface area (Å²) >= 11 is 6.38. The maximum Gasteiger partial charge on any atom is 0.258 e. The van der Waals surface area contributed by atoms with Gasteiger partial charge in [0.05, 0.1) is 72.2 Å². The molecule has 2 atom stereocenters. The lowest BCUT2D eigenvalue weighted by Crippen LogP contribution is -2.33. The quantitative estimate of drug-likeness (QED) is 0.134. The Bertz CT molecular complexity index is 2450. The molecule has 8 rings (SSSR count). The van der Waals surface area contributed by atoms with Crippen LogP contribution in [-0.2, 0) is 9.47 Å². The number of morpholine rings is 2. The molecule has 4 N–H and O–H groups in total. The van der Waals surface area contributed by atoms with Gasteiger partial charge in [-0.15, -0.1) is 0 Å². The highest BCUT2D eigenvalue weighted by atomic mass is 35.5. The van der Waals surface area contributed by atoms with Crippen molar-refractivity contribution in [1.29, 1.82) is 10.5 Å². The SMILES string of the molecule is N#Cc1ccc(-n2cc(C(=O)Nc3ccc([C@H]4CNCCO4)c(Cl)c3)cn2)c(F)c1.N#Cc1ccc(-n2cc(C(=O)Nc3ccc([C@H]4CNCCO4)c(F)c3)cn2)c(F)c1. The minimum atomic E-state index is -0.638. The standard InChI is InChI=1S/C21H17ClFN5O2.C21H17F2N5O2/c2*22-17-8-15(2-3-16(17)20-11-25-5-6-30-20)27-21(29)14-10-26-28(12-14)19-4-1-13(9-24)7-18(19)23/h2*1-4,7-8,10,12,20,25H,5-6,11H2,(H,27,29)/t2*20-/m11/s1. The van der Waals surface area contributed by atoms with Crippen LogP contribution in [0.15, 0.2) is 97.6 Å². The number of aromatic nitrogens is 4. The van der Waals surface area contributed by atoms with Crippen LogP contribution in [0.4, 0.5) is 24.5 Å². The van der Waals surface area contributed by atoms with Crippen LogP contribution >= 0.6 is 11.6 Å². The molecular weight excluding hydrogens is 801 g/mol. The maximum atomic E-state index is 14.5. The third-order valence-electron chi connectivity index (χ3n) is 9.40. The summed E-state index contributed by atoms with van der Waals surface area (Å²) in [5.74, 6) is -2.64. The first-order valence-corrected chi connectivity index (χ1v) is 18.8. The first kappa shape index (κ1) is 41.3. The topological polar surface area (TPSA) is 184 Å². The van der Waals surface area contributed by atoms with Crippen LogP contribution in [0.1, 0.15) is 55.2 Å². The fourth-order valence-electron chi connectivity index (χ4n) is 6.34. The van der Waals surface area contributed by atoms with Crippen LogP contribution < -0.4 is 21.3 Å². The van der Waals surface area contributed by atoms with Crippen LogP contribution in [0.5, 0.6) is 0 Å². The Kier molecular flexibility index (Phi) is 13.0. The van der Waals surface area contributed by atoms with E-state index in [2.05, 4.69) is 31.5 Å². The molecule has 2 fully saturated rings. The molecule has 2 aromatic heterocycles. The second-order valence-corrected chi connectivity index (χ2v) is 13.8. The zero-order valence-corrected chi connectivity index (χ0v) is 32.2. The smallest absolute Gasteiger partial charge is 0.258 e. The van der Waals surface area contributed by atoms with E-state index in [-0.39, 0.29) is 51.5 Å². The van der Waals surface area contributed by atoms with Crippen LogP contribution in [0.3, 0.4) is 0 Å². The van der Waals surface area contributed by atoms with E-state index < -0.39 is 29.3 Å². The minimum absolute atomic E-state index is 0.101. The number of amides is 2. The molecule has 6 aromatic rings. The molecule has 0 spiro atoms. The summed E-state index contributed by atoms with van der Waals surface area (Å²) in [5.41, 5.74) is 3.12. The number of nitrogens with one attached hydrogen (secondary N) is 4. The predicted octanol–water partition coefficient (Wildman–Crippen LogP) is 6.39. The van der Waals surface area contributed by atoms with Gasteiger partial charge in [0.1, 0.15) is 28.8 Å². The second kappa shape index (κ2) is 18.8. The van der Waals surface area contributed by atoms with Gasteiger partial charge in [0.15, 0.2) is 0 Å². The van der Waals surface area contributed by atoms with E-state index in [1.54, 1.807) is 24.3 Å². The summed E-state index contributed by atoms with van der Waals surface area (Å²) < 4.78 is 56.5. The van der Waals surface area contributed by atoms with Crippen molar-refractivity contribution in [1.82, 2.24) is 30.2 Å². The van der Waals surface area contributed by atoms with E-state index in [4.69, 9.17) is 31.6 Å². The number of hydrogen-bond donors (Lipinski definition) is 4. The minimum Gasteiger partial charge on any atom is -0.371 e. The summed E-state index contributed by atoms with van der Waals surface area (Å²) in [5, 5.41) is 37.9. The van der Waals surface area contributed by atoms with Crippen molar-refractivity contribution in [2.45, 2.75) is 12.2 Å². The van der Waals surface area contributed by atoms with Crippen molar-refractivity contribution in [3.63, 3.8) is 0 Å². The number of rotatable bonds is 8. The Morgan fingerprint density at radius 1 is 0.683 bits per heavy atom. The van der Waals surface area contributed by atoms with Gasteiger partial charge in [0.25, 0.3) is 11.8 Å². The van der Waals surface area contributed by atoms with Gasteiger partial charge in [-0.25, -0.2) is 22.5 Å². The van der Waals surface area contributed by atoms with Crippen molar-refractivity contribution < 1.29 is 32.2 Å². The number of carbonyl (C=O) groups excluding carboxylic acids is 2. The molecule has 0 saturated carbocycles. The number of carbonyl (C=O) groups is 2. The van der Waals surface area contributed by atoms with Gasteiger partial charge in [-0.1, -0.05) is 23.7 Å². The lowest BCUT2D eigenvalue weighted by molar-refractivity contribution is 0.0255. The summed E-state index contributed by atoms with van der Waals surface area (Å²) in [4.78, 5) is 25.0. The van der Waals surface area contributed by atoms with E-state index in [9.17, 15) is 22.8 Å². The number of benzene rings is 4. The molecule has 14 nitrogen and oxygen atoms in total. The molecule has 304 valence electrons. The molecule has 0 aliphatic carbocycles. The Balaban J connectivity index is 0.000000181. The second-order valence-electron chi connectivity index (χ2n) is 13.4. The Morgan fingerprint density at radius 3 is 1.60 bits per heavy atom. The lowest BCUT2D eigenvalue weighted by Gasteiger charge is -2.25. The third kappa shape index (κ3) is 9.70. The van der Waals surface area contributed by atoms with Crippen LogP contribution in [0.2, 0.25) is 5.02 Å². The van der Waals surface area contributed by atoms with Crippen LogP contribution in [0.25, 0.3) is 11.4 Å². The zero-order chi connectivity index (χ0) is 42.2.